The van der Waals surface area contributed by atoms with E-state index in [0.29, 0.717) is 33.4 Å². The maximum Gasteiger partial charge on any atom is 0.241 e. The molecule has 2 aromatic heterocycles. The van der Waals surface area contributed by atoms with Gasteiger partial charge in [-0.05, 0) is 36.4 Å². The molecule has 1 saturated heterocycles. The minimum atomic E-state index is -0.393. The maximum absolute atomic E-state index is 13.4. The van der Waals surface area contributed by atoms with Gasteiger partial charge < -0.3 is 15.5 Å². The number of halogens is 2. The lowest BCUT2D eigenvalue weighted by atomic mass is 10.2. The Hall–Kier alpha value is -4.48. The summed E-state index contributed by atoms with van der Waals surface area (Å²) >= 11 is 0. The molecule has 12 heteroatoms. The zero-order valence-corrected chi connectivity index (χ0v) is 20.2. The van der Waals surface area contributed by atoms with Crippen molar-refractivity contribution < 1.29 is 18.4 Å². The summed E-state index contributed by atoms with van der Waals surface area (Å²) in [5, 5.41) is 1.19. The van der Waals surface area contributed by atoms with Gasteiger partial charge in [0.05, 0.1) is 11.0 Å². The summed E-state index contributed by atoms with van der Waals surface area (Å²) in [7, 11) is 7.16. The summed E-state index contributed by atoms with van der Waals surface area (Å²) in [6.07, 6.45) is 0.335. The molecule has 3 heterocycles. The number of carbonyl (C=O) groups excluding carboxylic acids is 2. The summed E-state index contributed by atoms with van der Waals surface area (Å²) in [6.45, 7) is 0. The summed E-state index contributed by atoms with van der Waals surface area (Å²) in [4.78, 5) is 44.7. The molecule has 0 bridgehead atoms. The van der Waals surface area contributed by atoms with Crippen LogP contribution in [0, 0.1) is 11.6 Å². The Bertz CT molecular complexity index is 1480. The number of nitrogen functional groups attached to an aromatic ring is 1. The number of hydrogen-bond acceptors (Lipinski definition) is 9. The summed E-state index contributed by atoms with van der Waals surface area (Å²) < 4.78 is 26.5. The SMILES string of the molecule is CN(C)c1nc(N)nc2ccc(F)cc12.CN(C)c1nc(N2C(=O)CCC2=O)nc2ccc(F)cc12. The van der Waals surface area contributed by atoms with E-state index >= 15 is 0 Å². The number of rotatable bonds is 3. The van der Waals surface area contributed by atoms with E-state index in [2.05, 4.69) is 19.9 Å². The second kappa shape index (κ2) is 9.64. The smallest absolute Gasteiger partial charge is 0.241 e. The van der Waals surface area contributed by atoms with Crippen LogP contribution in [0.3, 0.4) is 0 Å². The quantitative estimate of drug-likeness (QED) is 0.429. The second-order valence-electron chi connectivity index (χ2n) is 8.49. The predicted molar refractivity (Wildman–Crippen MR) is 134 cm³/mol. The molecule has 10 nitrogen and oxygen atoms in total. The minimum absolute atomic E-state index is 0.0466. The molecule has 0 spiro atoms. The first-order valence-corrected chi connectivity index (χ1v) is 11.0. The zero-order valence-electron chi connectivity index (χ0n) is 20.2. The fourth-order valence-electron chi connectivity index (χ4n) is 3.76. The Morgan fingerprint density at radius 1 is 0.750 bits per heavy atom. The molecule has 1 aliphatic rings. The molecular weight excluding hydrogens is 470 g/mol. The molecule has 5 rings (SSSR count). The molecule has 36 heavy (non-hydrogen) atoms. The first kappa shape index (κ1) is 24.6. The molecule has 0 unspecified atom stereocenters. The van der Waals surface area contributed by atoms with Crippen molar-refractivity contribution in [1.29, 1.82) is 0 Å². The third-order valence-corrected chi connectivity index (χ3v) is 5.38. The van der Waals surface area contributed by atoms with Crippen LogP contribution in [0.2, 0.25) is 0 Å². The van der Waals surface area contributed by atoms with Crippen LogP contribution in [-0.4, -0.2) is 59.9 Å². The lowest BCUT2D eigenvalue weighted by Gasteiger charge is -2.18. The van der Waals surface area contributed by atoms with E-state index in [-0.39, 0.29) is 42.4 Å². The number of hydrogen-bond donors (Lipinski definition) is 1. The van der Waals surface area contributed by atoms with E-state index in [1.54, 1.807) is 30.0 Å². The predicted octanol–water partition coefficient (Wildman–Crippen LogP) is 2.91. The number of fused-ring (bicyclic) bond motifs is 2. The molecular formula is C24H24F2N8O2. The summed E-state index contributed by atoms with van der Waals surface area (Å²) in [6, 6.07) is 8.48. The van der Waals surface area contributed by atoms with Gasteiger partial charge in [-0.25, -0.2) is 23.6 Å². The van der Waals surface area contributed by atoms with Gasteiger partial charge in [0.1, 0.15) is 23.3 Å². The maximum atomic E-state index is 13.4. The van der Waals surface area contributed by atoms with Crippen LogP contribution >= 0.6 is 0 Å². The topological polar surface area (TPSA) is 121 Å². The second-order valence-corrected chi connectivity index (χ2v) is 8.49. The Morgan fingerprint density at radius 3 is 1.72 bits per heavy atom. The monoisotopic (exact) mass is 494 g/mol. The van der Waals surface area contributed by atoms with Crippen molar-refractivity contribution in [2.75, 3.05) is 48.6 Å². The highest BCUT2D eigenvalue weighted by molar-refractivity contribution is 6.19. The lowest BCUT2D eigenvalue weighted by molar-refractivity contribution is -0.121. The van der Waals surface area contributed by atoms with E-state index in [4.69, 9.17) is 5.73 Å². The lowest BCUT2D eigenvalue weighted by Crippen LogP contribution is -2.31. The summed E-state index contributed by atoms with van der Waals surface area (Å²) in [5.74, 6) is -0.00583. The Balaban J connectivity index is 0.000000179. The Morgan fingerprint density at radius 2 is 1.22 bits per heavy atom. The number of aromatic nitrogens is 4. The average Bonchev–Trinajstić information content (AvgIpc) is 3.16. The molecule has 4 aromatic rings. The van der Waals surface area contributed by atoms with Crippen LogP contribution in [0.25, 0.3) is 21.8 Å². The number of nitrogens with zero attached hydrogens (tertiary/aromatic N) is 7. The number of anilines is 4. The molecule has 0 saturated carbocycles. The van der Waals surface area contributed by atoms with Crippen molar-refractivity contribution in [2.45, 2.75) is 12.8 Å². The molecule has 0 aliphatic carbocycles. The van der Waals surface area contributed by atoms with Crippen molar-refractivity contribution in [1.82, 2.24) is 19.9 Å². The van der Waals surface area contributed by atoms with Gasteiger partial charge in [-0.3, -0.25) is 9.59 Å². The number of imide groups is 1. The number of amides is 2. The number of benzene rings is 2. The normalized spacial score (nSPS) is 13.2. The third-order valence-electron chi connectivity index (χ3n) is 5.38. The van der Waals surface area contributed by atoms with Crippen LogP contribution in [0.5, 0.6) is 0 Å². The Labute approximate surface area is 205 Å². The van der Waals surface area contributed by atoms with E-state index in [9.17, 15) is 18.4 Å². The van der Waals surface area contributed by atoms with Crippen LogP contribution in [0.1, 0.15) is 12.8 Å². The molecule has 2 N–H and O–H groups in total. The number of carbonyl (C=O) groups is 2. The fourth-order valence-corrected chi connectivity index (χ4v) is 3.76. The van der Waals surface area contributed by atoms with Crippen LogP contribution < -0.4 is 20.4 Å². The molecule has 1 fully saturated rings. The van der Waals surface area contributed by atoms with Crippen LogP contribution in [-0.2, 0) is 9.59 Å². The van der Waals surface area contributed by atoms with E-state index in [0.717, 1.165) is 4.90 Å². The molecule has 2 aromatic carbocycles. The van der Waals surface area contributed by atoms with Gasteiger partial charge in [0.25, 0.3) is 0 Å². The molecule has 0 atom stereocenters. The molecule has 186 valence electrons. The Kier molecular flexibility index (Phi) is 6.60. The van der Waals surface area contributed by atoms with Crippen molar-refractivity contribution in [3.63, 3.8) is 0 Å². The molecule has 2 amide bonds. The highest BCUT2D eigenvalue weighted by atomic mass is 19.1. The highest BCUT2D eigenvalue weighted by Gasteiger charge is 2.33. The first-order valence-electron chi connectivity index (χ1n) is 11.0. The van der Waals surface area contributed by atoms with Crippen molar-refractivity contribution in [2.24, 2.45) is 0 Å². The van der Waals surface area contributed by atoms with Crippen molar-refractivity contribution >= 4 is 57.2 Å². The zero-order chi connectivity index (χ0) is 26.1. The van der Waals surface area contributed by atoms with Gasteiger partial charge in [0.2, 0.25) is 23.7 Å². The third kappa shape index (κ3) is 4.83. The van der Waals surface area contributed by atoms with Gasteiger partial charge in [-0.2, -0.15) is 9.97 Å². The van der Waals surface area contributed by atoms with E-state index < -0.39 is 5.82 Å². The van der Waals surface area contributed by atoms with E-state index in [1.807, 2.05) is 14.1 Å². The van der Waals surface area contributed by atoms with E-state index in [1.165, 1.54) is 30.3 Å². The minimum Gasteiger partial charge on any atom is -0.368 e. The molecule has 0 radical (unpaired) electrons. The van der Waals surface area contributed by atoms with Gasteiger partial charge >= 0.3 is 0 Å². The molecule has 1 aliphatic heterocycles. The highest BCUT2D eigenvalue weighted by Crippen LogP contribution is 2.28. The van der Waals surface area contributed by atoms with Gasteiger partial charge in [0.15, 0.2) is 0 Å². The summed E-state index contributed by atoms with van der Waals surface area (Å²) in [5.41, 5.74) is 6.69. The van der Waals surface area contributed by atoms with Crippen molar-refractivity contribution in [3.05, 3.63) is 48.0 Å². The van der Waals surface area contributed by atoms with Gasteiger partial charge in [-0.1, -0.05) is 0 Å². The van der Waals surface area contributed by atoms with Crippen molar-refractivity contribution in [3.8, 4) is 0 Å². The van der Waals surface area contributed by atoms with Gasteiger partial charge in [-0.15, -0.1) is 0 Å². The largest absolute Gasteiger partial charge is 0.368 e. The first-order chi connectivity index (χ1) is 17.0. The van der Waals surface area contributed by atoms with Crippen LogP contribution in [0.15, 0.2) is 36.4 Å². The van der Waals surface area contributed by atoms with Gasteiger partial charge in [0, 0.05) is 51.8 Å². The van der Waals surface area contributed by atoms with Crippen LogP contribution in [0.4, 0.5) is 32.3 Å². The standard InChI is InChI=1S/C14H13FN4O2.C10H11FN4/c1-18(2)13-9-7-8(15)3-4-10(9)16-14(17-13)19-11(20)5-6-12(19)21;1-15(2)9-7-5-6(11)3-4-8(7)13-10(12)14-9/h3-4,7H,5-6H2,1-2H3;3-5H,1-2H3,(H2,12,13,14). The average molecular weight is 495 g/mol. The fraction of sp³-hybridized carbons (Fsp3) is 0.250. The number of nitrogens with two attached hydrogens (primary N) is 1.